The summed E-state index contributed by atoms with van der Waals surface area (Å²) >= 11 is 0. The van der Waals surface area contributed by atoms with Gasteiger partial charge in [0.2, 0.25) is 11.8 Å². The Labute approximate surface area is 195 Å². The molecule has 0 radical (unpaired) electrons. The van der Waals surface area contributed by atoms with E-state index in [-0.39, 0.29) is 0 Å². The van der Waals surface area contributed by atoms with Gasteiger partial charge < -0.3 is 14.1 Å². The van der Waals surface area contributed by atoms with Crippen LogP contribution in [0.15, 0.2) is 59.0 Å². The number of ether oxygens (including phenoxy) is 1. The molecule has 2 aromatic carbocycles. The third-order valence-corrected chi connectivity index (χ3v) is 6.58. The Hall–Kier alpha value is -3.12. The lowest BCUT2D eigenvalue weighted by atomic mass is 9.97. The maximum Gasteiger partial charge on any atom is 0.226 e. The summed E-state index contributed by atoms with van der Waals surface area (Å²) in [5.41, 5.74) is 1.89. The molecule has 3 aromatic rings. The molecule has 5 rings (SSSR count). The molecule has 0 unspecified atom stereocenters. The summed E-state index contributed by atoms with van der Waals surface area (Å²) in [7, 11) is 0. The molecule has 0 N–H and O–H groups in total. The average Bonchev–Trinajstić information content (AvgIpc) is 3.40. The zero-order valence-corrected chi connectivity index (χ0v) is 19.2. The summed E-state index contributed by atoms with van der Waals surface area (Å²) in [6.07, 6.45) is 4.08. The molecular formula is C27H31N3O3. The number of rotatable bonds is 7. The average molecular weight is 446 g/mol. The number of likely N-dealkylation sites (tertiary alicyclic amines) is 2. The fraction of sp³-hybridized carbons (Fsp3) is 0.407. The first-order chi connectivity index (χ1) is 16.1. The Balaban J connectivity index is 1.24. The first kappa shape index (κ1) is 21.7. The van der Waals surface area contributed by atoms with Crippen molar-refractivity contribution in [1.82, 2.24) is 14.8 Å². The summed E-state index contributed by atoms with van der Waals surface area (Å²) in [5, 5.41) is 0. The van der Waals surface area contributed by atoms with Gasteiger partial charge in [0.15, 0.2) is 0 Å². The van der Waals surface area contributed by atoms with Crippen LogP contribution in [0.25, 0.3) is 11.5 Å². The third-order valence-electron chi connectivity index (χ3n) is 6.58. The number of oxazole rings is 1. The summed E-state index contributed by atoms with van der Waals surface area (Å²) in [6, 6.07) is 17.6. The molecule has 6 nitrogen and oxygen atoms in total. The lowest BCUT2D eigenvalue weighted by Crippen LogP contribution is -2.41. The number of carbonyl (C=O) groups is 1. The van der Waals surface area contributed by atoms with E-state index < -0.39 is 0 Å². The molecule has 2 saturated heterocycles. The van der Waals surface area contributed by atoms with Crippen molar-refractivity contribution in [2.45, 2.75) is 39.2 Å². The van der Waals surface area contributed by atoms with Crippen LogP contribution >= 0.6 is 0 Å². The summed E-state index contributed by atoms with van der Waals surface area (Å²) in [5.74, 6) is 3.90. The number of aryl methyl sites for hydroxylation is 1. The lowest BCUT2D eigenvalue weighted by molar-refractivity contribution is -0.128. The summed E-state index contributed by atoms with van der Waals surface area (Å²) in [6.45, 7) is 6.65. The van der Waals surface area contributed by atoms with Crippen molar-refractivity contribution in [1.29, 1.82) is 0 Å². The maximum atomic E-state index is 12.0. The number of carbonyl (C=O) groups excluding carboxylic acids is 1. The molecule has 6 heteroatoms. The fourth-order valence-corrected chi connectivity index (χ4v) is 4.88. The van der Waals surface area contributed by atoms with Crippen LogP contribution in [-0.4, -0.2) is 46.9 Å². The van der Waals surface area contributed by atoms with Crippen LogP contribution in [-0.2, 0) is 11.3 Å². The zero-order valence-electron chi connectivity index (χ0n) is 19.2. The van der Waals surface area contributed by atoms with Gasteiger partial charge in [0.1, 0.15) is 17.3 Å². The molecule has 0 saturated carbocycles. The molecule has 0 spiro atoms. The Bertz CT molecular complexity index is 1100. The minimum absolute atomic E-state index is 0.322. The van der Waals surface area contributed by atoms with Crippen molar-refractivity contribution in [3.8, 4) is 23.0 Å². The molecule has 2 aliphatic rings. The maximum absolute atomic E-state index is 12.0. The SMILES string of the molecule is Cc1oc(-c2cccc(Oc3ccccc3)c2)nc1CN1CCC[C@@H](CN2CCCC2=O)C1. The van der Waals surface area contributed by atoms with Crippen molar-refractivity contribution in [3.05, 3.63) is 66.1 Å². The number of piperidine rings is 1. The van der Waals surface area contributed by atoms with Gasteiger partial charge in [-0.3, -0.25) is 9.69 Å². The van der Waals surface area contributed by atoms with Crippen LogP contribution in [0, 0.1) is 12.8 Å². The van der Waals surface area contributed by atoms with Crippen LogP contribution in [0.5, 0.6) is 11.5 Å². The van der Waals surface area contributed by atoms with E-state index in [9.17, 15) is 4.79 Å². The number of hydrogen-bond donors (Lipinski definition) is 0. The number of para-hydroxylation sites is 1. The second-order valence-corrected chi connectivity index (χ2v) is 9.15. The second kappa shape index (κ2) is 9.79. The predicted octanol–water partition coefficient (Wildman–Crippen LogP) is 5.28. The van der Waals surface area contributed by atoms with Gasteiger partial charge in [-0.1, -0.05) is 24.3 Å². The second-order valence-electron chi connectivity index (χ2n) is 9.15. The van der Waals surface area contributed by atoms with Gasteiger partial charge in [0, 0.05) is 38.2 Å². The van der Waals surface area contributed by atoms with E-state index >= 15 is 0 Å². The number of nitrogens with zero attached hydrogens (tertiary/aromatic N) is 3. The van der Waals surface area contributed by atoms with Gasteiger partial charge >= 0.3 is 0 Å². The predicted molar refractivity (Wildman–Crippen MR) is 127 cm³/mol. The highest BCUT2D eigenvalue weighted by Gasteiger charge is 2.27. The van der Waals surface area contributed by atoms with Crippen LogP contribution < -0.4 is 4.74 Å². The van der Waals surface area contributed by atoms with Gasteiger partial charge in [0.25, 0.3) is 0 Å². The summed E-state index contributed by atoms with van der Waals surface area (Å²) < 4.78 is 12.0. The molecule has 2 fully saturated rings. The Morgan fingerprint density at radius 3 is 2.73 bits per heavy atom. The molecule has 0 bridgehead atoms. The highest BCUT2D eigenvalue weighted by molar-refractivity contribution is 5.78. The smallest absolute Gasteiger partial charge is 0.226 e. The molecule has 172 valence electrons. The number of hydrogen-bond acceptors (Lipinski definition) is 5. The standard InChI is InChI=1S/C27H31N3O3/c1-20-25(19-29-14-6-8-21(17-29)18-30-15-7-13-26(30)31)28-27(32-20)22-9-5-12-24(16-22)33-23-10-3-2-4-11-23/h2-5,9-12,16,21H,6-8,13-15,17-19H2,1H3/t21-/m1/s1. The fourth-order valence-electron chi connectivity index (χ4n) is 4.88. The monoisotopic (exact) mass is 445 g/mol. The molecule has 2 aliphatic heterocycles. The van der Waals surface area contributed by atoms with E-state index in [1.807, 2.05) is 61.5 Å². The van der Waals surface area contributed by atoms with Crippen LogP contribution in [0.2, 0.25) is 0 Å². The van der Waals surface area contributed by atoms with Gasteiger partial charge in [-0.15, -0.1) is 0 Å². The molecule has 33 heavy (non-hydrogen) atoms. The van der Waals surface area contributed by atoms with E-state index in [1.165, 1.54) is 6.42 Å². The third kappa shape index (κ3) is 5.28. The van der Waals surface area contributed by atoms with E-state index in [2.05, 4.69) is 9.80 Å². The van der Waals surface area contributed by atoms with E-state index in [4.69, 9.17) is 14.1 Å². The van der Waals surface area contributed by atoms with E-state index in [1.54, 1.807) is 0 Å². The highest BCUT2D eigenvalue weighted by atomic mass is 16.5. The topological polar surface area (TPSA) is 58.8 Å². The van der Waals surface area contributed by atoms with Crippen molar-refractivity contribution in [2.24, 2.45) is 5.92 Å². The lowest BCUT2D eigenvalue weighted by Gasteiger charge is -2.34. The molecule has 0 aliphatic carbocycles. The number of aromatic nitrogens is 1. The molecule has 1 aromatic heterocycles. The van der Waals surface area contributed by atoms with E-state index in [0.717, 1.165) is 80.5 Å². The quantitative estimate of drug-likeness (QED) is 0.495. The normalized spacial score (nSPS) is 19.2. The van der Waals surface area contributed by atoms with E-state index in [0.29, 0.717) is 17.7 Å². The largest absolute Gasteiger partial charge is 0.457 e. The molecular weight excluding hydrogens is 414 g/mol. The minimum atomic E-state index is 0.322. The van der Waals surface area contributed by atoms with Gasteiger partial charge in [-0.25, -0.2) is 4.98 Å². The number of amides is 1. The van der Waals surface area contributed by atoms with Crippen molar-refractivity contribution >= 4 is 5.91 Å². The zero-order chi connectivity index (χ0) is 22.6. The summed E-state index contributed by atoms with van der Waals surface area (Å²) in [4.78, 5) is 21.4. The highest BCUT2D eigenvalue weighted by Crippen LogP contribution is 2.29. The van der Waals surface area contributed by atoms with Crippen LogP contribution in [0.3, 0.4) is 0 Å². The van der Waals surface area contributed by atoms with Gasteiger partial charge in [-0.2, -0.15) is 0 Å². The Kier molecular flexibility index (Phi) is 6.44. The molecule has 3 heterocycles. The molecule has 1 amide bonds. The van der Waals surface area contributed by atoms with Crippen molar-refractivity contribution in [3.63, 3.8) is 0 Å². The first-order valence-corrected chi connectivity index (χ1v) is 11.9. The Morgan fingerprint density at radius 1 is 1.06 bits per heavy atom. The number of benzene rings is 2. The van der Waals surface area contributed by atoms with Crippen molar-refractivity contribution < 1.29 is 13.9 Å². The molecule has 1 atom stereocenters. The van der Waals surface area contributed by atoms with Gasteiger partial charge in [0.05, 0.1) is 5.69 Å². The van der Waals surface area contributed by atoms with Crippen LogP contribution in [0.1, 0.15) is 37.1 Å². The minimum Gasteiger partial charge on any atom is -0.457 e. The Morgan fingerprint density at radius 2 is 1.91 bits per heavy atom. The van der Waals surface area contributed by atoms with Crippen molar-refractivity contribution in [2.75, 3.05) is 26.2 Å². The van der Waals surface area contributed by atoms with Crippen LogP contribution in [0.4, 0.5) is 0 Å². The first-order valence-electron chi connectivity index (χ1n) is 11.9. The van der Waals surface area contributed by atoms with Gasteiger partial charge in [-0.05, 0) is 69.0 Å².